The standard InChI is InChI=1S/C23H26N2O5/c1-3-17-7-4-5-8-20(17)25-22(28)15-30-23(29)10-6-9-21(27)24-19-13-11-18(12-14-19)16(2)26/h4-5,7-8,11-14H,3,6,9-10,15H2,1-2H3,(H,24,27)(H,25,28). The molecule has 0 fully saturated rings. The van der Waals surface area contributed by atoms with Crippen molar-refractivity contribution in [1.82, 2.24) is 0 Å². The van der Waals surface area contributed by atoms with E-state index in [0.717, 1.165) is 12.0 Å². The number of carbonyl (C=O) groups is 4. The largest absolute Gasteiger partial charge is 0.456 e. The second kappa shape index (κ2) is 11.5. The van der Waals surface area contributed by atoms with E-state index >= 15 is 0 Å². The Morgan fingerprint density at radius 1 is 0.867 bits per heavy atom. The maximum absolute atomic E-state index is 12.0. The van der Waals surface area contributed by atoms with Crippen LogP contribution in [-0.2, 0) is 25.5 Å². The van der Waals surface area contributed by atoms with Crippen molar-refractivity contribution < 1.29 is 23.9 Å². The SMILES string of the molecule is CCc1ccccc1NC(=O)COC(=O)CCCC(=O)Nc1ccc(C(C)=O)cc1. The summed E-state index contributed by atoms with van der Waals surface area (Å²) in [7, 11) is 0. The zero-order valence-corrected chi connectivity index (χ0v) is 17.2. The molecule has 158 valence electrons. The summed E-state index contributed by atoms with van der Waals surface area (Å²) < 4.78 is 4.97. The van der Waals surface area contributed by atoms with Crippen LogP contribution < -0.4 is 10.6 Å². The van der Waals surface area contributed by atoms with Gasteiger partial charge in [-0.2, -0.15) is 0 Å². The Morgan fingerprint density at radius 2 is 1.57 bits per heavy atom. The Labute approximate surface area is 175 Å². The monoisotopic (exact) mass is 410 g/mol. The summed E-state index contributed by atoms with van der Waals surface area (Å²) in [5.41, 5.74) is 2.85. The summed E-state index contributed by atoms with van der Waals surface area (Å²) in [5, 5.41) is 5.43. The van der Waals surface area contributed by atoms with E-state index in [1.54, 1.807) is 30.3 Å². The van der Waals surface area contributed by atoms with E-state index in [1.807, 2.05) is 25.1 Å². The van der Waals surface area contributed by atoms with Gasteiger partial charge in [0, 0.05) is 29.8 Å². The molecule has 2 amide bonds. The lowest BCUT2D eigenvalue weighted by Gasteiger charge is -2.10. The Bertz CT molecular complexity index is 906. The number of carbonyl (C=O) groups excluding carboxylic acids is 4. The number of Topliss-reactive ketones (excluding diaryl/α,β-unsaturated/α-hetero) is 1. The second-order valence-electron chi connectivity index (χ2n) is 6.75. The van der Waals surface area contributed by atoms with Crippen molar-refractivity contribution in [3.8, 4) is 0 Å². The van der Waals surface area contributed by atoms with Gasteiger partial charge in [-0.15, -0.1) is 0 Å². The molecule has 0 bridgehead atoms. The van der Waals surface area contributed by atoms with Crippen LogP contribution in [-0.4, -0.2) is 30.2 Å². The number of hydrogen-bond donors (Lipinski definition) is 2. The number of nitrogens with one attached hydrogen (secondary N) is 2. The highest BCUT2D eigenvalue weighted by molar-refractivity contribution is 5.96. The van der Waals surface area contributed by atoms with Crippen molar-refractivity contribution in [2.24, 2.45) is 0 Å². The van der Waals surface area contributed by atoms with Crippen molar-refractivity contribution in [3.05, 3.63) is 59.7 Å². The van der Waals surface area contributed by atoms with E-state index < -0.39 is 11.9 Å². The Hall–Kier alpha value is -3.48. The number of anilines is 2. The molecular weight excluding hydrogens is 384 g/mol. The summed E-state index contributed by atoms with van der Waals surface area (Å²) in [6.45, 7) is 3.09. The molecule has 0 aliphatic rings. The molecule has 0 aliphatic carbocycles. The van der Waals surface area contributed by atoms with Gasteiger partial charge in [0.1, 0.15) is 0 Å². The van der Waals surface area contributed by atoms with Crippen LogP contribution >= 0.6 is 0 Å². The predicted molar refractivity (Wildman–Crippen MR) is 114 cm³/mol. The molecule has 0 saturated heterocycles. The van der Waals surface area contributed by atoms with Gasteiger partial charge in [0.2, 0.25) is 5.91 Å². The van der Waals surface area contributed by atoms with Crippen LogP contribution in [0.2, 0.25) is 0 Å². The van der Waals surface area contributed by atoms with Gasteiger partial charge in [0.05, 0.1) is 0 Å². The zero-order valence-electron chi connectivity index (χ0n) is 17.2. The van der Waals surface area contributed by atoms with Gasteiger partial charge in [-0.1, -0.05) is 25.1 Å². The van der Waals surface area contributed by atoms with Crippen LogP contribution in [0.4, 0.5) is 11.4 Å². The molecule has 0 atom stereocenters. The molecule has 30 heavy (non-hydrogen) atoms. The minimum absolute atomic E-state index is 0.0372. The van der Waals surface area contributed by atoms with E-state index in [2.05, 4.69) is 10.6 Å². The van der Waals surface area contributed by atoms with Gasteiger partial charge in [-0.3, -0.25) is 19.2 Å². The molecule has 7 nitrogen and oxygen atoms in total. The van der Waals surface area contributed by atoms with Crippen LogP contribution in [0.1, 0.15) is 49.0 Å². The Morgan fingerprint density at radius 3 is 2.23 bits per heavy atom. The molecule has 0 radical (unpaired) electrons. The predicted octanol–water partition coefficient (Wildman–Crippen LogP) is 3.74. The number of esters is 1. The number of rotatable bonds is 10. The zero-order chi connectivity index (χ0) is 21.9. The molecule has 0 spiro atoms. The molecular formula is C23H26N2O5. The number of benzene rings is 2. The average molecular weight is 410 g/mol. The number of ether oxygens (including phenoxy) is 1. The first kappa shape index (κ1) is 22.8. The maximum atomic E-state index is 12.0. The van der Waals surface area contributed by atoms with Gasteiger partial charge in [0.15, 0.2) is 12.4 Å². The van der Waals surface area contributed by atoms with Crippen molar-refractivity contribution in [1.29, 1.82) is 0 Å². The molecule has 0 aromatic heterocycles. The van der Waals surface area contributed by atoms with Gasteiger partial charge >= 0.3 is 5.97 Å². The van der Waals surface area contributed by atoms with E-state index in [9.17, 15) is 19.2 Å². The fraction of sp³-hybridized carbons (Fsp3) is 0.304. The highest BCUT2D eigenvalue weighted by Gasteiger charge is 2.11. The van der Waals surface area contributed by atoms with Crippen LogP contribution in [0.5, 0.6) is 0 Å². The summed E-state index contributed by atoms with van der Waals surface area (Å²) in [6.07, 6.45) is 1.25. The van der Waals surface area contributed by atoms with Crippen molar-refractivity contribution in [3.63, 3.8) is 0 Å². The van der Waals surface area contributed by atoms with Crippen molar-refractivity contribution >= 4 is 34.9 Å². The topological polar surface area (TPSA) is 102 Å². The fourth-order valence-corrected chi connectivity index (χ4v) is 2.76. The lowest BCUT2D eigenvalue weighted by Crippen LogP contribution is -2.21. The third-order valence-electron chi connectivity index (χ3n) is 4.40. The Kier molecular flexibility index (Phi) is 8.75. The lowest BCUT2D eigenvalue weighted by molar-refractivity contribution is -0.147. The first-order valence-electron chi connectivity index (χ1n) is 9.83. The molecule has 7 heteroatoms. The molecule has 2 N–H and O–H groups in total. The quantitative estimate of drug-likeness (QED) is 0.459. The molecule has 2 aromatic carbocycles. The average Bonchev–Trinajstić information content (AvgIpc) is 2.73. The maximum Gasteiger partial charge on any atom is 0.306 e. The molecule has 0 saturated carbocycles. The van der Waals surface area contributed by atoms with Gasteiger partial charge in [-0.25, -0.2) is 0 Å². The van der Waals surface area contributed by atoms with Gasteiger partial charge in [-0.05, 0) is 55.7 Å². The third-order valence-corrected chi connectivity index (χ3v) is 4.40. The number of aryl methyl sites for hydroxylation is 1. The molecule has 2 rings (SSSR count). The first-order valence-corrected chi connectivity index (χ1v) is 9.83. The van der Waals surface area contributed by atoms with Crippen LogP contribution in [0.15, 0.2) is 48.5 Å². The Balaban J connectivity index is 1.66. The smallest absolute Gasteiger partial charge is 0.306 e. The van der Waals surface area contributed by atoms with Crippen LogP contribution in [0.25, 0.3) is 0 Å². The molecule has 0 aliphatic heterocycles. The molecule has 0 heterocycles. The van der Waals surface area contributed by atoms with Gasteiger partial charge in [0.25, 0.3) is 5.91 Å². The lowest BCUT2D eigenvalue weighted by atomic mass is 10.1. The molecule has 0 unspecified atom stereocenters. The van der Waals surface area contributed by atoms with E-state index in [0.29, 0.717) is 23.4 Å². The molecule has 2 aromatic rings. The van der Waals surface area contributed by atoms with Crippen LogP contribution in [0.3, 0.4) is 0 Å². The fourth-order valence-electron chi connectivity index (χ4n) is 2.76. The third kappa shape index (κ3) is 7.50. The van der Waals surface area contributed by atoms with Crippen molar-refractivity contribution in [2.45, 2.75) is 39.5 Å². The van der Waals surface area contributed by atoms with Gasteiger partial charge < -0.3 is 15.4 Å². The number of para-hydroxylation sites is 1. The summed E-state index contributed by atoms with van der Waals surface area (Å²) >= 11 is 0. The second-order valence-corrected chi connectivity index (χ2v) is 6.75. The minimum atomic E-state index is -0.535. The van der Waals surface area contributed by atoms with Crippen LogP contribution in [0, 0.1) is 0 Å². The van der Waals surface area contributed by atoms with E-state index in [-0.39, 0.29) is 31.1 Å². The normalized spacial score (nSPS) is 10.2. The highest BCUT2D eigenvalue weighted by Crippen LogP contribution is 2.15. The number of amides is 2. The summed E-state index contributed by atoms with van der Waals surface area (Å²) in [5.74, 6) is -1.23. The van der Waals surface area contributed by atoms with Crippen molar-refractivity contribution in [2.75, 3.05) is 17.2 Å². The number of ketones is 1. The van der Waals surface area contributed by atoms with E-state index in [1.165, 1.54) is 6.92 Å². The highest BCUT2D eigenvalue weighted by atomic mass is 16.5. The summed E-state index contributed by atoms with van der Waals surface area (Å²) in [6, 6.07) is 14.0. The summed E-state index contributed by atoms with van der Waals surface area (Å²) in [4.78, 5) is 47.0. The minimum Gasteiger partial charge on any atom is -0.456 e. The first-order chi connectivity index (χ1) is 14.4. The van der Waals surface area contributed by atoms with E-state index in [4.69, 9.17) is 4.74 Å². The number of hydrogen-bond acceptors (Lipinski definition) is 5.